The predicted molar refractivity (Wildman–Crippen MR) is 95.6 cm³/mol. The minimum atomic E-state index is -0.557. The van der Waals surface area contributed by atoms with Crippen molar-refractivity contribution >= 4 is 23.0 Å². The Morgan fingerprint density at radius 3 is 2.48 bits per heavy atom. The summed E-state index contributed by atoms with van der Waals surface area (Å²) in [6.45, 7) is 3.84. The Morgan fingerprint density at radius 1 is 1.28 bits per heavy atom. The summed E-state index contributed by atoms with van der Waals surface area (Å²) in [6.07, 6.45) is 0. The number of nitrogens with one attached hydrogen (secondary N) is 1. The maximum Gasteiger partial charge on any atom is 0.270 e. The van der Waals surface area contributed by atoms with Crippen molar-refractivity contribution in [3.8, 4) is 6.07 Å². The highest BCUT2D eigenvalue weighted by Gasteiger charge is 2.16. The van der Waals surface area contributed by atoms with Crippen LogP contribution in [-0.4, -0.2) is 24.4 Å². The summed E-state index contributed by atoms with van der Waals surface area (Å²) in [5, 5.41) is 22.9. The van der Waals surface area contributed by atoms with Gasteiger partial charge in [-0.05, 0) is 31.0 Å². The van der Waals surface area contributed by atoms with Crippen molar-refractivity contribution in [1.29, 1.82) is 5.26 Å². The zero-order chi connectivity index (χ0) is 18.6. The lowest BCUT2D eigenvalue weighted by Crippen LogP contribution is -2.31. The lowest BCUT2D eigenvalue weighted by Gasteiger charge is -2.20. The number of nitriles is 1. The van der Waals surface area contributed by atoms with E-state index in [2.05, 4.69) is 5.32 Å². The van der Waals surface area contributed by atoms with Crippen molar-refractivity contribution in [2.45, 2.75) is 13.8 Å². The van der Waals surface area contributed by atoms with Crippen molar-refractivity contribution in [2.75, 3.05) is 23.8 Å². The maximum absolute atomic E-state index is 12.3. The molecule has 0 aliphatic carbocycles. The molecular weight excluding hydrogens is 320 g/mol. The van der Waals surface area contributed by atoms with Crippen molar-refractivity contribution in [1.82, 2.24) is 0 Å². The second kappa shape index (κ2) is 7.45. The quantitative estimate of drug-likeness (QED) is 0.667. The Labute approximate surface area is 145 Å². The van der Waals surface area contributed by atoms with Crippen LogP contribution in [-0.2, 0) is 4.79 Å². The van der Waals surface area contributed by atoms with Crippen LogP contribution in [0, 0.1) is 35.3 Å². The molecule has 7 heteroatoms. The number of anilines is 2. The average Bonchev–Trinajstić information content (AvgIpc) is 2.57. The summed E-state index contributed by atoms with van der Waals surface area (Å²) in [4.78, 5) is 24.2. The van der Waals surface area contributed by atoms with E-state index in [-0.39, 0.29) is 23.7 Å². The fourth-order valence-corrected chi connectivity index (χ4v) is 2.55. The van der Waals surface area contributed by atoms with Crippen molar-refractivity contribution in [2.24, 2.45) is 0 Å². The van der Waals surface area contributed by atoms with Crippen LogP contribution in [0.4, 0.5) is 17.1 Å². The van der Waals surface area contributed by atoms with Gasteiger partial charge < -0.3 is 10.2 Å². The molecule has 0 saturated carbocycles. The molecule has 1 amide bonds. The van der Waals surface area contributed by atoms with E-state index >= 15 is 0 Å². The van der Waals surface area contributed by atoms with Crippen LogP contribution < -0.4 is 10.2 Å². The third-order valence-electron chi connectivity index (χ3n) is 3.85. The first-order valence-corrected chi connectivity index (χ1v) is 7.59. The maximum atomic E-state index is 12.3. The van der Waals surface area contributed by atoms with E-state index in [9.17, 15) is 20.2 Å². The first kappa shape index (κ1) is 17.9. The molecule has 2 rings (SSSR count). The summed E-state index contributed by atoms with van der Waals surface area (Å²) in [7, 11) is 1.66. The number of hydrogen-bond acceptors (Lipinski definition) is 5. The second-order valence-corrected chi connectivity index (χ2v) is 5.74. The fourth-order valence-electron chi connectivity index (χ4n) is 2.55. The van der Waals surface area contributed by atoms with Gasteiger partial charge in [0, 0.05) is 24.9 Å². The fraction of sp³-hybridized carbons (Fsp3) is 0.222. The number of amides is 1. The minimum absolute atomic E-state index is 0.0142. The molecular formula is C18H18N4O3. The zero-order valence-corrected chi connectivity index (χ0v) is 14.2. The Morgan fingerprint density at radius 2 is 1.92 bits per heavy atom. The molecule has 2 aromatic rings. The summed E-state index contributed by atoms with van der Waals surface area (Å²) < 4.78 is 0. The molecule has 0 unspecified atom stereocenters. The van der Waals surface area contributed by atoms with E-state index in [1.54, 1.807) is 11.9 Å². The molecule has 0 spiro atoms. The lowest BCUT2D eigenvalue weighted by molar-refractivity contribution is -0.384. The molecule has 0 fully saturated rings. The van der Waals surface area contributed by atoms with E-state index in [0.29, 0.717) is 5.69 Å². The topological polar surface area (TPSA) is 99.3 Å². The third kappa shape index (κ3) is 4.12. The number of nitro groups is 1. The number of carbonyl (C=O) groups is 1. The molecule has 0 aliphatic rings. The van der Waals surface area contributed by atoms with Gasteiger partial charge in [-0.3, -0.25) is 14.9 Å². The molecule has 128 valence electrons. The molecule has 0 aliphatic heterocycles. The second-order valence-electron chi connectivity index (χ2n) is 5.74. The monoisotopic (exact) mass is 338 g/mol. The zero-order valence-electron chi connectivity index (χ0n) is 14.2. The highest BCUT2D eigenvalue weighted by Crippen LogP contribution is 2.24. The number of rotatable bonds is 5. The van der Waals surface area contributed by atoms with Gasteiger partial charge in [-0.2, -0.15) is 5.26 Å². The van der Waals surface area contributed by atoms with Crippen molar-refractivity contribution in [3.05, 3.63) is 63.2 Å². The van der Waals surface area contributed by atoms with E-state index in [4.69, 9.17) is 0 Å². The molecule has 0 aromatic heterocycles. The Balaban J connectivity index is 2.17. The lowest BCUT2D eigenvalue weighted by atomic mass is 10.1. The van der Waals surface area contributed by atoms with Crippen molar-refractivity contribution < 1.29 is 9.72 Å². The van der Waals surface area contributed by atoms with Crippen LogP contribution >= 0.6 is 0 Å². The molecule has 7 nitrogen and oxygen atoms in total. The molecule has 0 radical (unpaired) electrons. The number of para-hydroxylation sites is 1. The number of aryl methyl sites for hydroxylation is 2. The summed E-state index contributed by atoms with van der Waals surface area (Å²) in [6, 6.07) is 11.7. The molecule has 25 heavy (non-hydrogen) atoms. The number of likely N-dealkylation sites (N-methyl/N-ethyl adjacent to an activating group) is 1. The Kier molecular flexibility index (Phi) is 5.35. The van der Waals surface area contributed by atoms with Crippen LogP contribution in [0.1, 0.15) is 16.7 Å². The van der Waals surface area contributed by atoms with Crippen LogP contribution in [0.25, 0.3) is 0 Å². The van der Waals surface area contributed by atoms with E-state index in [0.717, 1.165) is 16.8 Å². The SMILES string of the molecule is Cc1cccc(C)c1NC(=O)CN(C)c1ccc([N+](=O)[O-])cc1C#N. The van der Waals surface area contributed by atoms with E-state index in [1.165, 1.54) is 18.2 Å². The van der Waals surface area contributed by atoms with Gasteiger partial charge >= 0.3 is 0 Å². The van der Waals surface area contributed by atoms with Crippen LogP contribution in [0.2, 0.25) is 0 Å². The number of nitro benzene ring substituents is 1. The summed E-state index contributed by atoms with van der Waals surface area (Å²) in [5.74, 6) is -0.234. The molecule has 1 N–H and O–H groups in total. The first-order chi connectivity index (χ1) is 11.8. The van der Waals surface area contributed by atoms with Gasteiger partial charge in [-0.25, -0.2) is 0 Å². The number of nitrogens with zero attached hydrogens (tertiary/aromatic N) is 3. The average molecular weight is 338 g/mol. The Hall–Kier alpha value is -3.40. The van der Waals surface area contributed by atoms with Gasteiger partial charge in [0.1, 0.15) is 6.07 Å². The van der Waals surface area contributed by atoms with E-state index < -0.39 is 4.92 Å². The Bertz CT molecular complexity index is 851. The molecule has 0 saturated heterocycles. The summed E-state index contributed by atoms with van der Waals surface area (Å²) in [5.41, 5.74) is 3.15. The third-order valence-corrected chi connectivity index (χ3v) is 3.85. The van der Waals surface area contributed by atoms with Crippen LogP contribution in [0.15, 0.2) is 36.4 Å². The highest BCUT2D eigenvalue weighted by atomic mass is 16.6. The number of carbonyl (C=O) groups excluding carboxylic acids is 1. The highest BCUT2D eigenvalue weighted by molar-refractivity contribution is 5.95. The summed E-state index contributed by atoms with van der Waals surface area (Å²) >= 11 is 0. The minimum Gasteiger partial charge on any atom is -0.364 e. The van der Waals surface area contributed by atoms with Gasteiger partial charge in [0.05, 0.1) is 22.7 Å². The smallest absolute Gasteiger partial charge is 0.270 e. The van der Waals surface area contributed by atoms with Crippen LogP contribution in [0.3, 0.4) is 0 Å². The van der Waals surface area contributed by atoms with Gasteiger partial charge in [0.15, 0.2) is 0 Å². The van der Waals surface area contributed by atoms with Gasteiger partial charge in [0.2, 0.25) is 5.91 Å². The molecule has 0 heterocycles. The van der Waals surface area contributed by atoms with Crippen molar-refractivity contribution in [3.63, 3.8) is 0 Å². The van der Waals surface area contributed by atoms with Crippen LogP contribution in [0.5, 0.6) is 0 Å². The number of hydrogen-bond donors (Lipinski definition) is 1. The molecule has 2 aromatic carbocycles. The number of non-ortho nitro benzene ring substituents is 1. The van der Waals surface area contributed by atoms with Gasteiger partial charge in [0.25, 0.3) is 5.69 Å². The largest absolute Gasteiger partial charge is 0.364 e. The molecule has 0 bridgehead atoms. The first-order valence-electron chi connectivity index (χ1n) is 7.59. The normalized spacial score (nSPS) is 10.0. The standard InChI is InChI=1S/C18H18N4O3/c1-12-5-4-6-13(2)18(12)20-17(23)11-21(3)16-8-7-15(22(24)25)9-14(16)10-19/h4-9H,11H2,1-3H3,(H,20,23). The van der Waals surface area contributed by atoms with E-state index in [1.807, 2.05) is 38.1 Å². The number of benzene rings is 2. The van der Waals surface area contributed by atoms with Gasteiger partial charge in [-0.15, -0.1) is 0 Å². The predicted octanol–water partition coefficient (Wildman–Crippen LogP) is 3.16. The molecule has 0 atom stereocenters. The van der Waals surface area contributed by atoms with Gasteiger partial charge in [-0.1, -0.05) is 18.2 Å².